The van der Waals surface area contributed by atoms with Crippen LogP contribution in [0.25, 0.3) is 0 Å². The molecule has 2 heterocycles. The van der Waals surface area contributed by atoms with Gasteiger partial charge in [-0.1, -0.05) is 6.07 Å². The van der Waals surface area contributed by atoms with Crippen LogP contribution < -0.4 is 10.6 Å². The molecule has 7 nitrogen and oxygen atoms in total. The first kappa shape index (κ1) is 9.13. The molecule has 0 aliphatic carbocycles. The minimum atomic E-state index is -0.676. The van der Waals surface area contributed by atoms with Crippen molar-refractivity contribution in [2.24, 2.45) is 5.73 Å². The number of pyridine rings is 1. The van der Waals surface area contributed by atoms with Gasteiger partial charge in [-0.3, -0.25) is 0 Å². The van der Waals surface area contributed by atoms with Gasteiger partial charge in [0.2, 0.25) is 5.95 Å². The van der Waals surface area contributed by atoms with E-state index in [0.29, 0.717) is 5.82 Å². The molecule has 0 aromatic carbocycles. The molecule has 2 rings (SSSR count). The number of nitrogens with zero attached hydrogens (tertiary/aromatic N) is 4. The van der Waals surface area contributed by atoms with Gasteiger partial charge in [-0.05, 0) is 12.1 Å². The Morgan fingerprint density at radius 3 is 2.80 bits per heavy atom. The van der Waals surface area contributed by atoms with Gasteiger partial charge in [0.05, 0.1) is 0 Å². The van der Waals surface area contributed by atoms with Crippen LogP contribution in [0.1, 0.15) is 0 Å². The third-order valence-electron chi connectivity index (χ3n) is 1.71. The van der Waals surface area contributed by atoms with E-state index in [1.807, 2.05) is 0 Å². The number of rotatable bonds is 2. The number of nitrogens with two attached hydrogens (primary N) is 1. The topological polar surface area (TPSA) is 101 Å². The van der Waals surface area contributed by atoms with Crippen LogP contribution in [0.5, 0.6) is 0 Å². The number of aromatic amines is 1. The molecule has 2 aromatic rings. The van der Waals surface area contributed by atoms with Gasteiger partial charge in [-0.15, -0.1) is 0 Å². The highest BCUT2D eigenvalue weighted by Gasteiger charge is 2.18. The Morgan fingerprint density at radius 1 is 1.40 bits per heavy atom. The Bertz CT molecular complexity index is 439. The van der Waals surface area contributed by atoms with Crippen LogP contribution >= 0.6 is 0 Å². The van der Waals surface area contributed by atoms with Crippen molar-refractivity contribution >= 4 is 17.8 Å². The summed E-state index contributed by atoms with van der Waals surface area (Å²) in [5, 5.41) is 6.18. The van der Waals surface area contributed by atoms with Crippen LogP contribution in [0.3, 0.4) is 0 Å². The Hall–Kier alpha value is -2.44. The summed E-state index contributed by atoms with van der Waals surface area (Å²) in [6.45, 7) is 0. The van der Waals surface area contributed by atoms with Gasteiger partial charge in [0.25, 0.3) is 0 Å². The fourth-order valence-corrected chi connectivity index (χ4v) is 1.12. The lowest BCUT2D eigenvalue weighted by molar-refractivity contribution is 0.255. The number of H-pyrrole nitrogens is 1. The predicted octanol–water partition coefficient (Wildman–Crippen LogP) is 0.416. The van der Waals surface area contributed by atoms with Crippen LogP contribution in [-0.2, 0) is 0 Å². The van der Waals surface area contributed by atoms with Gasteiger partial charge in [0.1, 0.15) is 12.1 Å². The number of carbonyl (C=O) groups excluding carboxylic acids is 1. The van der Waals surface area contributed by atoms with Crippen molar-refractivity contribution in [3.63, 3.8) is 0 Å². The Balaban J connectivity index is 2.42. The van der Waals surface area contributed by atoms with Gasteiger partial charge in [0.15, 0.2) is 0 Å². The highest BCUT2D eigenvalue weighted by Crippen LogP contribution is 2.17. The van der Waals surface area contributed by atoms with Crippen molar-refractivity contribution < 1.29 is 4.79 Å². The number of anilines is 2. The quantitative estimate of drug-likeness (QED) is 0.739. The smallest absolute Gasteiger partial charge is 0.327 e. The summed E-state index contributed by atoms with van der Waals surface area (Å²) in [4.78, 5) is 20.2. The normalized spacial score (nSPS) is 9.87. The van der Waals surface area contributed by atoms with Crippen molar-refractivity contribution in [3.8, 4) is 0 Å². The highest BCUT2D eigenvalue weighted by molar-refractivity contribution is 5.95. The Labute approximate surface area is 85.0 Å². The van der Waals surface area contributed by atoms with E-state index in [0.717, 1.165) is 4.90 Å². The van der Waals surface area contributed by atoms with E-state index in [4.69, 9.17) is 5.73 Å². The van der Waals surface area contributed by atoms with Crippen LogP contribution in [0.2, 0.25) is 0 Å². The molecule has 76 valence electrons. The summed E-state index contributed by atoms with van der Waals surface area (Å²) in [6.07, 6.45) is 2.84. The number of hydrogen-bond donors (Lipinski definition) is 2. The third-order valence-corrected chi connectivity index (χ3v) is 1.71. The van der Waals surface area contributed by atoms with Gasteiger partial charge >= 0.3 is 6.03 Å². The average Bonchev–Trinajstić information content (AvgIpc) is 2.72. The third kappa shape index (κ3) is 1.75. The van der Waals surface area contributed by atoms with E-state index in [-0.39, 0.29) is 5.95 Å². The molecule has 0 saturated carbocycles. The number of amides is 2. The zero-order chi connectivity index (χ0) is 10.7. The molecule has 0 saturated heterocycles. The maximum Gasteiger partial charge on any atom is 0.327 e. The molecule has 0 atom stereocenters. The van der Waals surface area contributed by atoms with Gasteiger partial charge in [0, 0.05) is 6.20 Å². The van der Waals surface area contributed by atoms with Crippen molar-refractivity contribution in [3.05, 3.63) is 30.7 Å². The molecule has 0 unspecified atom stereocenters. The predicted molar refractivity (Wildman–Crippen MR) is 52.3 cm³/mol. The maximum absolute atomic E-state index is 11.2. The van der Waals surface area contributed by atoms with Gasteiger partial charge in [-0.2, -0.15) is 10.1 Å². The first-order chi connectivity index (χ1) is 7.29. The molecule has 15 heavy (non-hydrogen) atoms. The molecule has 0 fully saturated rings. The summed E-state index contributed by atoms with van der Waals surface area (Å²) >= 11 is 0. The molecule has 0 aliphatic rings. The molecular formula is C8H8N6O. The van der Waals surface area contributed by atoms with Crippen molar-refractivity contribution in [2.75, 3.05) is 4.90 Å². The summed E-state index contributed by atoms with van der Waals surface area (Å²) in [5.74, 6) is 0.628. The number of carbonyl (C=O) groups is 1. The number of urea groups is 1. The van der Waals surface area contributed by atoms with Gasteiger partial charge < -0.3 is 5.73 Å². The second-order valence-electron chi connectivity index (χ2n) is 2.67. The molecule has 2 aromatic heterocycles. The first-order valence-electron chi connectivity index (χ1n) is 4.15. The summed E-state index contributed by atoms with van der Waals surface area (Å²) in [6, 6.07) is 4.45. The number of aromatic nitrogens is 4. The van der Waals surface area contributed by atoms with Gasteiger partial charge in [-0.25, -0.2) is 19.8 Å². The molecule has 0 aliphatic heterocycles. The van der Waals surface area contributed by atoms with Crippen LogP contribution in [0.4, 0.5) is 16.6 Å². The summed E-state index contributed by atoms with van der Waals surface area (Å²) in [5.41, 5.74) is 5.22. The van der Waals surface area contributed by atoms with E-state index in [9.17, 15) is 4.79 Å². The standard InChI is InChI=1S/C8H8N6O/c9-7(15)14(8-11-5-12-13-8)6-3-1-2-4-10-6/h1-5H,(H2,9,15)(H,11,12,13). The number of nitrogens with one attached hydrogen (secondary N) is 1. The lowest BCUT2D eigenvalue weighted by atomic mass is 10.4. The fraction of sp³-hybridized carbons (Fsp3) is 0. The lowest BCUT2D eigenvalue weighted by Crippen LogP contribution is -2.32. The zero-order valence-corrected chi connectivity index (χ0v) is 7.66. The van der Waals surface area contributed by atoms with E-state index >= 15 is 0 Å². The number of primary amides is 1. The molecule has 0 radical (unpaired) electrons. The molecule has 3 N–H and O–H groups in total. The average molecular weight is 204 g/mol. The molecule has 0 bridgehead atoms. The fourth-order valence-electron chi connectivity index (χ4n) is 1.12. The van der Waals surface area contributed by atoms with Crippen LogP contribution in [-0.4, -0.2) is 26.2 Å². The highest BCUT2D eigenvalue weighted by atomic mass is 16.2. The van der Waals surface area contributed by atoms with E-state index in [1.54, 1.807) is 24.4 Å². The zero-order valence-electron chi connectivity index (χ0n) is 7.66. The van der Waals surface area contributed by atoms with E-state index < -0.39 is 6.03 Å². The largest absolute Gasteiger partial charge is 0.351 e. The van der Waals surface area contributed by atoms with E-state index in [1.165, 1.54) is 6.33 Å². The van der Waals surface area contributed by atoms with Crippen LogP contribution in [0.15, 0.2) is 30.7 Å². The first-order valence-corrected chi connectivity index (χ1v) is 4.15. The lowest BCUT2D eigenvalue weighted by Gasteiger charge is -2.14. The summed E-state index contributed by atoms with van der Waals surface area (Å²) < 4.78 is 0. The summed E-state index contributed by atoms with van der Waals surface area (Å²) in [7, 11) is 0. The van der Waals surface area contributed by atoms with Crippen molar-refractivity contribution in [2.45, 2.75) is 0 Å². The monoisotopic (exact) mass is 204 g/mol. The second kappa shape index (κ2) is 3.74. The van der Waals surface area contributed by atoms with Crippen molar-refractivity contribution in [1.29, 1.82) is 0 Å². The minimum absolute atomic E-state index is 0.237. The van der Waals surface area contributed by atoms with Crippen molar-refractivity contribution in [1.82, 2.24) is 20.2 Å². The minimum Gasteiger partial charge on any atom is -0.351 e. The Morgan fingerprint density at radius 2 is 2.27 bits per heavy atom. The Kier molecular flexibility index (Phi) is 2.28. The number of hydrogen-bond acceptors (Lipinski definition) is 4. The molecule has 7 heteroatoms. The second-order valence-corrected chi connectivity index (χ2v) is 2.67. The van der Waals surface area contributed by atoms with E-state index in [2.05, 4.69) is 20.2 Å². The molecule has 0 spiro atoms. The van der Waals surface area contributed by atoms with Crippen LogP contribution in [0, 0.1) is 0 Å². The molecular weight excluding hydrogens is 196 g/mol. The maximum atomic E-state index is 11.2. The molecule has 2 amide bonds. The SMILES string of the molecule is NC(=O)N(c1ccccn1)c1ncn[nH]1.